The van der Waals surface area contributed by atoms with Crippen molar-refractivity contribution in [3.63, 3.8) is 0 Å². The lowest BCUT2D eigenvalue weighted by Crippen LogP contribution is -2.27. The molecule has 6 nitrogen and oxygen atoms in total. The van der Waals surface area contributed by atoms with Gasteiger partial charge in [-0.25, -0.2) is 9.78 Å². The van der Waals surface area contributed by atoms with E-state index in [1.165, 1.54) is 0 Å². The number of oxazole rings is 1. The number of amides is 1. The maximum atomic E-state index is 11.5. The molecule has 0 fully saturated rings. The van der Waals surface area contributed by atoms with Crippen molar-refractivity contribution < 1.29 is 13.9 Å². The standard InChI is InChI=1S/C11H15N3O3/c1-5-8-13-7(6-12)9(16-8)14-10(15)17-11(2,3)4/h5H2,1-4H3,(H,14,15). The number of hydrogen-bond donors (Lipinski definition) is 1. The number of hydrogen-bond acceptors (Lipinski definition) is 5. The van der Waals surface area contributed by atoms with Crippen LogP contribution in [0.2, 0.25) is 0 Å². The number of aromatic nitrogens is 1. The van der Waals surface area contributed by atoms with Gasteiger partial charge in [0.15, 0.2) is 5.89 Å². The monoisotopic (exact) mass is 237 g/mol. The Bertz CT molecular complexity index is 452. The predicted molar refractivity (Wildman–Crippen MR) is 60.5 cm³/mol. The molecule has 17 heavy (non-hydrogen) atoms. The van der Waals surface area contributed by atoms with E-state index >= 15 is 0 Å². The summed E-state index contributed by atoms with van der Waals surface area (Å²) in [5.74, 6) is 0.422. The molecule has 0 unspecified atom stereocenters. The van der Waals surface area contributed by atoms with Gasteiger partial charge in [-0.05, 0) is 20.8 Å². The Morgan fingerprint density at radius 3 is 2.71 bits per heavy atom. The number of anilines is 1. The van der Waals surface area contributed by atoms with Crippen LogP contribution in [0.1, 0.15) is 39.3 Å². The van der Waals surface area contributed by atoms with Gasteiger partial charge < -0.3 is 9.15 Å². The minimum Gasteiger partial charge on any atom is -0.444 e. The molecule has 1 rings (SSSR count). The summed E-state index contributed by atoms with van der Waals surface area (Å²) in [4.78, 5) is 15.4. The normalized spacial score (nSPS) is 10.8. The average molecular weight is 237 g/mol. The molecule has 0 saturated carbocycles. The second-order valence-electron chi connectivity index (χ2n) is 4.38. The van der Waals surface area contributed by atoms with Crippen LogP contribution in [0.25, 0.3) is 0 Å². The summed E-state index contributed by atoms with van der Waals surface area (Å²) in [6.45, 7) is 7.07. The van der Waals surface area contributed by atoms with Crippen LogP contribution >= 0.6 is 0 Å². The summed E-state index contributed by atoms with van der Waals surface area (Å²) in [6.07, 6.45) is -0.127. The summed E-state index contributed by atoms with van der Waals surface area (Å²) in [5, 5.41) is 11.2. The molecule has 92 valence electrons. The van der Waals surface area contributed by atoms with Crippen LogP contribution in [-0.4, -0.2) is 16.7 Å². The smallest absolute Gasteiger partial charge is 0.414 e. The third kappa shape index (κ3) is 3.79. The van der Waals surface area contributed by atoms with Gasteiger partial charge in [-0.1, -0.05) is 6.92 Å². The van der Waals surface area contributed by atoms with Gasteiger partial charge in [0.2, 0.25) is 11.6 Å². The second kappa shape index (κ2) is 4.87. The van der Waals surface area contributed by atoms with E-state index in [0.29, 0.717) is 12.3 Å². The van der Waals surface area contributed by atoms with Crippen molar-refractivity contribution in [3.05, 3.63) is 11.6 Å². The first-order valence-corrected chi connectivity index (χ1v) is 5.25. The van der Waals surface area contributed by atoms with Crippen molar-refractivity contribution in [3.8, 4) is 6.07 Å². The quantitative estimate of drug-likeness (QED) is 0.853. The van der Waals surface area contributed by atoms with E-state index in [1.54, 1.807) is 20.8 Å². The van der Waals surface area contributed by atoms with Crippen LogP contribution in [0.15, 0.2) is 4.42 Å². The van der Waals surface area contributed by atoms with Gasteiger partial charge >= 0.3 is 6.09 Å². The Hall–Kier alpha value is -2.03. The molecule has 1 amide bonds. The molecule has 1 heterocycles. The lowest BCUT2D eigenvalue weighted by molar-refractivity contribution is 0.0632. The topological polar surface area (TPSA) is 88.2 Å². The molecule has 0 atom stereocenters. The molecular formula is C11H15N3O3. The molecule has 0 aliphatic rings. The molecule has 0 aliphatic heterocycles. The van der Waals surface area contributed by atoms with Gasteiger partial charge in [0, 0.05) is 6.42 Å². The molecule has 1 aromatic heterocycles. The molecule has 0 saturated heterocycles. The lowest BCUT2D eigenvalue weighted by atomic mass is 10.2. The van der Waals surface area contributed by atoms with Crippen LogP contribution in [0.4, 0.5) is 10.7 Å². The zero-order chi connectivity index (χ0) is 13.1. The lowest BCUT2D eigenvalue weighted by Gasteiger charge is -2.18. The van der Waals surface area contributed by atoms with Gasteiger partial charge in [-0.3, -0.25) is 5.32 Å². The van der Waals surface area contributed by atoms with Crippen molar-refractivity contribution >= 4 is 12.0 Å². The fraction of sp³-hybridized carbons (Fsp3) is 0.545. The Morgan fingerprint density at radius 2 is 2.24 bits per heavy atom. The number of carbonyl (C=O) groups excluding carboxylic acids is 1. The maximum absolute atomic E-state index is 11.5. The summed E-state index contributed by atoms with van der Waals surface area (Å²) in [5.41, 5.74) is -0.558. The van der Waals surface area contributed by atoms with E-state index in [0.717, 1.165) is 0 Å². The van der Waals surface area contributed by atoms with E-state index < -0.39 is 11.7 Å². The molecular weight excluding hydrogens is 222 g/mol. The van der Waals surface area contributed by atoms with Crippen LogP contribution in [-0.2, 0) is 11.2 Å². The first kappa shape index (κ1) is 13.0. The third-order valence-corrected chi connectivity index (χ3v) is 1.69. The van der Waals surface area contributed by atoms with Gasteiger partial charge in [0.05, 0.1) is 0 Å². The second-order valence-corrected chi connectivity index (χ2v) is 4.38. The Kier molecular flexibility index (Phi) is 3.73. The number of nitrogens with one attached hydrogen (secondary N) is 1. The Labute approximate surface area is 99.6 Å². The highest BCUT2D eigenvalue weighted by atomic mass is 16.6. The summed E-state index contributed by atoms with van der Waals surface area (Å²) < 4.78 is 10.2. The van der Waals surface area contributed by atoms with Crippen molar-refractivity contribution in [2.45, 2.75) is 39.7 Å². The number of ether oxygens (including phenoxy) is 1. The van der Waals surface area contributed by atoms with Gasteiger partial charge in [-0.2, -0.15) is 5.26 Å². The van der Waals surface area contributed by atoms with Crippen molar-refractivity contribution in [2.24, 2.45) is 0 Å². The van der Waals surface area contributed by atoms with E-state index in [1.807, 2.05) is 13.0 Å². The Morgan fingerprint density at radius 1 is 1.59 bits per heavy atom. The number of carbonyl (C=O) groups is 1. The first-order valence-electron chi connectivity index (χ1n) is 5.25. The van der Waals surface area contributed by atoms with E-state index in [2.05, 4.69) is 10.3 Å². The molecule has 0 aliphatic carbocycles. The predicted octanol–water partition coefficient (Wildman–Crippen LogP) is 2.46. The molecule has 0 bridgehead atoms. The van der Waals surface area contributed by atoms with Gasteiger partial charge in [-0.15, -0.1) is 0 Å². The third-order valence-electron chi connectivity index (χ3n) is 1.69. The van der Waals surface area contributed by atoms with Gasteiger partial charge in [0.25, 0.3) is 0 Å². The first-order chi connectivity index (χ1) is 7.85. The number of rotatable bonds is 2. The van der Waals surface area contributed by atoms with Crippen LogP contribution in [0, 0.1) is 11.3 Å². The fourth-order valence-corrected chi connectivity index (χ4v) is 1.07. The highest BCUT2D eigenvalue weighted by molar-refractivity contribution is 5.84. The van der Waals surface area contributed by atoms with Crippen molar-refractivity contribution in [2.75, 3.05) is 5.32 Å². The molecule has 0 aromatic carbocycles. The molecule has 1 aromatic rings. The molecule has 1 N–H and O–H groups in total. The van der Waals surface area contributed by atoms with Crippen LogP contribution < -0.4 is 5.32 Å². The van der Waals surface area contributed by atoms with E-state index in [9.17, 15) is 4.79 Å². The minimum absolute atomic E-state index is 0.0265. The SMILES string of the molecule is CCc1nc(C#N)c(NC(=O)OC(C)(C)C)o1. The van der Waals surface area contributed by atoms with Crippen LogP contribution in [0.5, 0.6) is 0 Å². The largest absolute Gasteiger partial charge is 0.444 e. The number of aryl methyl sites for hydroxylation is 1. The van der Waals surface area contributed by atoms with Crippen molar-refractivity contribution in [1.82, 2.24) is 4.98 Å². The van der Waals surface area contributed by atoms with Crippen molar-refractivity contribution in [1.29, 1.82) is 5.26 Å². The maximum Gasteiger partial charge on any atom is 0.414 e. The number of nitrogens with zero attached hydrogens (tertiary/aromatic N) is 2. The number of nitriles is 1. The fourth-order valence-electron chi connectivity index (χ4n) is 1.07. The van der Waals surface area contributed by atoms with Crippen LogP contribution in [0.3, 0.4) is 0 Å². The molecule has 6 heteroatoms. The summed E-state index contributed by atoms with van der Waals surface area (Å²) >= 11 is 0. The molecule has 0 radical (unpaired) electrons. The molecule has 0 spiro atoms. The van der Waals surface area contributed by atoms with E-state index in [4.69, 9.17) is 14.4 Å². The van der Waals surface area contributed by atoms with Gasteiger partial charge in [0.1, 0.15) is 11.7 Å². The zero-order valence-electron chi connectivity index (χ0n) is 10.3. The Balaban J connectivity index is 2.78. The average Bonchev–Trinajstić information content (AvgIpc) is 2.57. The minimum atomic E-state index is -0.673. The zero-order valence-corrected chi connectivity index (χ0v) is 10.3. The summed E-state index contributed by atoms with van der Waals surface area (Å²) in [6, 6.07) is 1.84. The summed E-state index contributed by atoms with van der Waals surface area (Å²) in [7, 11) is 0. The highest BCUT2D eigenvalue weighted by Crippen LogP contribution is 2.18. The highest BCUT2D eigenvalue weighted by Gasteiger charge is 2.20. The van der Waals surface area contributed by atoms with E-state index in [-0.39, 0.29) is 11.6 Å².